The molecule has 0 aliphatic carbocycles. The number of rotatable bonds is 4. The molecule has 0 atom stereocenters. The van der Waals surface area contributed by atoms with Gasteiger partial charge in [0.2, 0.25) is 0 Å². The van der Waals surface area contributed by atoms with Crippen LogP contribution in [-0.2, 0) is 4.79 Å². The first kappa shape index (κ1) is 11.3. The lowest BCUT2D eigenvalue weighted by Crippen LogP contribution is -1.98. The van der Waals surface area contributed by atoms with E-state index in [0.29, 0.717) is 12.0 Å². The normalized spacial score (nSPS) is 11.2. The van der Waals surface area contributed by atoms with Crippen molar-refractivity contribution in [2.24, 2.45) is 0 Å². The van der Waals surface area contributed by atoms with Gasteiger partial charge in [-0.05, 0) is 30.2 Å². The zero-order chi connectivity index (χ0) is 11.3. The number of carbonyl (C=O) groups is 1. The van der Waals surface area contributed by atoms with Crippen molar-refractivity contribution in [3.05, 3.63) is 35.4 Å². The van der Waals surface area contributed by atoms with E-state index >= 15 is 0 Å². The lowest BCUT2D eigenvalue weighted by Gasteiger charge is -2.02. The summed E-state index contributed by atoms with van der Waals surface area (Å²) in [5, 5.41) is 8.86. The van der Waals surface area contributed by atoms with Gasteiger partial charge in [0.05, 0.1) is 7.11 Å². The summed E-state index contributed by atoms with van der Waals surface area (Å²) in [7, 11) is 1.58. The molecule has 3 nitrogen and oxygen atoms in total. The van der Waals surface area contributed by atoms with Crippen LogP contribution in [0.4, 0.5) is 0 Å². The summed E-state index contributed by atoms with van der Waals surface area (Å²) >= 11 is 0. The van der Waals surface area contributed by atoms with Gasteiger partial charge in [-0.15, -0.1) is 0 Å². The van der Waals surface area contributed by atoms with Crippen molar-refractivity contribution >= 4 is 12.0 Å². The zero-order valence-electron chi connectivity index (χ0n) is 8.86. The van der Waals surface area contributed by atoms with E-state index in [4.69, 9.17) is 9.84 Å². The molecule has 0 saturated heterocycles. The standard InChI is InChI=1S/C12H14O3/c1-3-10(12(13)14)7-9-5-4-6-11(8-9)15-2/h4-8H,3H2,1-2H3,(H,13,14)/b10-7-. The third-order valence-corrected chi connectivity index (χ3v) is 2.09. The zero-order valence-corrected chi connectivity index (χ0v) is 8.86. The summed E-state index contributed by atoms with van der Waals surface area (Å²) in [5.41, 5.74) is 1.23. The first-order valence-electron chi connectivity index (χ1n) is 4.75. The van der Waals surface area contributed by atoms with Gasteiger partial charge >= 0.3 is 5.97 Å². The van der Waals surface area contributed by atoms with Crippen LogP contribution in [0, 0.1) is 0 Å². The van der Waals surface area contributed by atoms with Crippen molar-refractivity contribution in [1.29, 1.82) is 0 Å². The minimum absolute atomic E-state index is 0.392. The third-order valence-electron chi connectivity index (χ3n) is 2.09. The van der Waals surface area contributed by atoms with Crippen LogP contribution in [0.5, 0.6) is 5.75 Å². The van der Waals surface area contributed by atoms with Gasteiger partial charge in [-0.3, -0.25) is 0 Å². The van der Waals surface area contributed by atoms with Gasteiger partial charge in [-0.1, -0.05) is 19.1 Å². The maximum absolute atomic E-state index is 10.8. The summed E-state index contributed by atoms with van der Waals surface area (Å²) in [6.07, 6.45) is 2.16. The number of hydrogen-bond acceptors (Lipinski definition) is 2. The van der Waals surface area contributed by atoms with E-state index in [1.807, 2.05) is 25.1 Å². The molecule has 15 heavy (non-hydrogen) atoms. The number of methoxy groups -OCH3 is 1. The van der Waals surface area contributed by atoms with E-state index in [1.165, 1.54) is 0 Å². The number of carboxylic acid groups (broad SMARTS) is 1. The Morgan fingerprint density at radius 2 is 2.27 bits per heavy atom. The molecule has 1 aromatic rings. The number of ether oxygens (including phenoxy) is 1. The van der Waals surface area contributed by atoms with Crippen molar-refractivity contribution in [2.45, 2.75) is 13.3 Å². The molecular weight excluding hydrogens is 192 g/mol. The highest BCUT2D eigenvalue weighted by Crippen LogP contribution is 2.16. The summed E-state index contributed by atoms with van der Waals surface area (Å²) in [6.45, 7) is 1.82. The number of benzene rings is 1. The van der Waals surface area contributed by atoms with Crippen molar-refractivity contribution in [3.8, 4) is 5.75 Å². The molecule has 0 aromatic heterocycles. The summed E-state index contributed by atoms with van der Waals surface area (Å²) in [4.78, 5) is 10.8. The van der Waals surface area contributed by atoms with Gasteiger partial charge in [0.15, 0.2) is 0 Å². The SMILES string of the molecule is CC/C(=C/c1cccc(OC)c1)C(=O)O. The lowest BCUT2D eigenvalue weighted by atomic mass is 10.1. The molecule has 1 N–H and O–H groups in total. The van der Waals surface area contributed by atoms with E-state index in [1.54, 1.807) is 19.3 Å². The maximum Gasteiger partial charge on any atom is 0.331 e. The van der Waals surface area contributed by atoms with Crippen molar-refractivity contribution in [2.75, 3.05) is 7.11 Å². The Morgan fingerprint density at radius 1 is 1.53 bits per heavy atom. The van der Waals surface area contributed by atoms with E-state index in [-0.39, 0.29) is 0 Å². The van der Waals surface area contributed by atoms with E-state index in [2.05, 4.69) is 0 Å². The van der Waals surface area contributed by atoms with Gasteiger partial charge in [0, 0.05) is 5.57 Å². The van der Waals surface area contributed by atoms with Crippen LogP contribution < -0.4 is 4.74 Å². The first-order chi connectivity index (χ1) is 7.17. The predicted octanol–water partition coefficient (Wildman–Crippen LogP) is 2.57. The summed E-state index contributed by atoms with van der Waals surface area (Å²) < 4.78 is 5.05. The minimum Gasteiger partial charge on any atom is -0.497 e. The average molecular weight is 206 g/mol. The van der Waals surface area contributed by atoms with Crippen LogP contribution in [-0.4, -0.2) is 18.2 Å². The average Bonchev–Trinajstić information content (AvgIpc) is 2.25. The molecule has 0 unspecified atom stereocenters. The quantitative estimate of drug-likeness (QED) is 0.770. The van der Waals surface area contributed by atoms with Gasteiger partial charge in [0.1, 0.15) is 5.75 Å². The van der Waals surface area contributed by atoms with Crippen molar-refractivity contribution in [1.82, 2.24) is 0 Å². The van der Waals surface area contributed by atoms with Gasteiger partial charge in [-0.2, -0.15) is 0 Å². The van der Waals surface area contributed by atoms with Crippen LogP contribution in [0.3, 0.4) is 0 Å². The fourth-order valence-corrected chi connectivity index (χ4v) is 1.25. The smallest absolute Gasteiger partial charge is 0.331 e. The van der Waals surface area contributed by atoms with Crippen molar-refractivity contribution < 1.29 is 14.6 Å². The van der Waals surface area contributed by atoms with Crippen LogP contribution in [0.2, 0.25) is 0 Å². The molecule has 3 heteroatoms. The van der Waals surface area contributed by atoms with Crippen molar-refractivity contribution in [3.63, 3.8) is 0 Å². The molecule has 0 aliphatic rings. The Morgan fingerprint density at radius 3 is 2.80 bits per heavy atom. The second-order valence-corrected chi connectivity index (χ2v) is 3.10. The summed E-state index contributed by atoms with van der Waals surface area (Å²) in [6, 6.07) is 7.31. The van der Waals surface area contributed by atoms with E-state index in [9.17, 15) is 4.79 Å². The molecule has 80 valence electrons. The molecule has 0 fully saturated rings. The monoisotopic (exact) mass is 206 g/mol. The highest BCUT2D eigenvalue weighted by Gasteiger charge is 2.04. The first-order valence-corrected chi connectivity index (χ1v) is 4.75. The van der Waals surface area contributed by atoms with Gasteiger partial charge in [-0.25, -0.2) is 4.79 Å². The molecule has 1 aromatic carbocycles. The molecular formula is C12H14O3. The second kappa shape index (κ2) is 5.20. The van der Waals surface area contributed by atoms with Gasteiger partial charge in [0.25, 0.3) is 0 Å². The predicted molar refractivity (Wildman–Crippen MR) is 58.9 cm³/mol. The molecule has 0 bridgehead atoms. The highest BCUT2D eigenvalue weighted by molar-refractivity contribution is 5.92. The molecule has 1 rings (SSSR count). The molecule has 0 spiro atoms. The van der Waals surface area contributed by atoms with Crippen LogP contribution in [0.15, 0.2) is 29.8 Å². The van der Waals surface area contributed by atoms with E-state index in [0.717, 1.165) is 11.3 Å². The topological polar surface area (TPSA) is 46.5 Å². The van der Waals surface area contributed by atoms with Crippen LogP contribution in [0.25, 0.3) is 6.08 Å². The molecule has 0 saturated carbocycles. The molecule has 0 radical (unpaired) electrons. The molecule has 0 aliphatic heterocycles. The highest BCUT2D eigenvalue weighted by atomic mass is 16.5. The van der Waals surface area contributed by atoms with Gasteiger partial charge < -0.3 is 9.84 Å². The van der Waals surface area contributed by atoms with Crippen LogP contribution in [0.1, 0.15) is 18.9 Å². The second-order valence-electron chi connectivity index (χ2n) is 3.10. The fraction of sp³-hybridized carbons (Fsp3) is 0.250. The number of hydrogen-bond donors (Lipinski definition) is 1. The number of carboxylic acids is 1. The van der Waals surface area contributed by atoms with E-state index < -0.39 is 5.97 Å². The number of aliphatic carboxylic acids is 1. The Labute approximate surface area is 89.0 Å². The Balaban J connectivity index is 3.00. The Kier molecular flexibility index (Phi) is 3.92. The molecule has 0 heterocycles. The Hall–Kier alpha value is -1.77. The molecule has 0 amide bonds. The fourth-order valence-electron chi connectivity index (χ4n) is 1.25. The maximum atomic E-state index is 10.8. The largest absolute Gasteiger partial charge is 0.497 e. The minimum atomic E-state index is -0.875. The lowest BCUT2D eigenvalue weighted by molar-refractivity contribution is -0.132. The Bertz CT molecular complexity index is 380. The van der Waals surface area contributed by atoms with Crippen LogP contribution >= 0.6 is 0 Å². The third kappa shape index (κ3) is 3.13. The summed E-state index contributed by atoms with van der Waals surface area (Å²) in [5.74, 6) is -0.148.